The Hall–Kier alpha value is -3.39. The molecular formula is C26H35N6O2+. The van der Waals surface area contributed by atoms with Gasteiger partial charge in [0.1, 0.15) is 17.8 Å². The molecule has 2 aromatic heterocycles. The number of nitrogens with zero attached hydrogens (tertiary/aromatic N) is 4. The van der Waals surface area contributed by atoms with E-state index in [1.165, 1.54) is 0 Å². The van der Waals surface area contributed by atoms with Gasteiger partial charge in [-0.15, -0.1) is 0 Å². The van der Waals surface area contributed by atoms with E-state index in [0.29, 0.717) is 12.5 Å². The third kappa shape index (κ3) is 4.63. The Bertz CT molecular complexity index is 1170. The van der Waals surface area contributed by atoms with Gasteiger partial charge >= 0.3 is 6.41 Å². The minimum atomic E-state index is -0.235. The number of aldehydes is 1. The number of pyridine rings is 1. The topological polar surface area (TPSA) is 81.3 Å². The van der Waals surface area contributed by atoms with Gasteiger partial charge < -0.3 is 24.9 Å². The molecule has 2 atom stereocenters. The molecule has 1 saturated heterocycles. The number of amides is 1. The number of H-pyrrole nitrogens is 1. The first kappa shape index (κ1) is 23.8. The number of aromatic nitrogens is 2. The first-order chi connectivity index (χ1) is 16.2. The number of benzene rings is 1. The molecule has 1 amide bonds. The molecule has 1 aliphatic rings. The van der Waals surface area contributed by atoms with Crippen molar-refractivity contribution in [2.75, 3.05) is 42.8 Å². The predicted octanol–water partition coefficient (Wildman–Crippen LogP) is 3.78. The second-order valence-electron chi connectivity index (χ2n) is 9.93. The first-order valence-corrected chi connectivity index (χ1v) is 11.8. The SMILES string of the molecule is CC(C)Nc1cccnc1N(C)C1CCN(c2cc3cc([N+](C)(C)C=O)ccc3[nH]2)C(C=O)C1. The van der Waals surface area contributed by atoms with Crippen LogP contribution in [0.25, 0.3) is 10.9 Å². The molecule has 180 valence electrons. The highest BCUT2D eigenvalue weighted by molar-refractivity contribution is 5.89. The Balaban J connectivity index is 1.55. The van der Waals surface area contributed by atoms with Crippen LogP contribution in [-0.2, 0) is 9.59 Å². The van der Waals surface area contributed by atoms with Crippen LogP contribution < -0.4 is 19.6 Å². The minimum absolute atomic E-state index is 0.159. The number of piperidine rings is 1. The van der Waals surface area contributed by atoms with Gasteiger partial charge in [-0.25, -0.2) is 14.3 Å². The van der Waals surface area contributed by atoms with Crippen LogP contribution in [0, 0.1) is 0 Å². The van der Waals surface area contributed by atoms with Crippen LogP contribution in [0.15, 0.2) is 42.6 Å². The van der Waals surface area contributed by atoms with Crippen molar-refractivity contribution in [2.45, 2.75) is 44.8 Å². The van der Waals surface area contributed by atoms with Gasteiger partial charge in [0.2, 0.25) is 0 Å². The lowest BCUT2D eigenvalue weighted by molar-refractivity contribution is -0.115. The van der Waals surface area contributed by atoms with Crippen LogP contribution in [0.1, 0.15) is 26.7 Å². The summed E-state index contributed by atoms with van der Waals surface area (Å²) in [6.45, 7) is 4.98. The number of fused-ring (bicyclic) bond motifs is 1. The van der Waals surface area contributed by atoms with Gasteiger partial charge in [0.25, 0.3) is 0 Å². The highest BCUT2D eigenvalue weighted by Gasteiger charge is 2.32. The fourth-order valence-electron chi connectivity index (χ4n) is 4.71. The van der Waals surface area contributed by atoms with Crippen LogP contribution in [0.3, 0.4) is 0 Å². The van der Waals surface area contributed by atoms with E-state index in [0.717, 1.165) is 59.6 Å². The van der Waals surface area contributed by atoms with E-state index >= 15 is 0 Å². The van der Waals surface area contributed by atoms with E-state index in [1.807, 2.05) is 44.6 Å². The van der Waals surface area contributed by atoms with Gasteiger partial charge in [0.15, 0.2) is 5.82 Å². The van der Waals surface area contributed by atoms with Crippen molar-refractivity contribution >= 4 is 46.6 Å². The Morgan fingerprint density at radius 2 is 2.03 bits per heavy atom. The number of rotatable bonds is 8. The van der Waals surface area contributed by atoms with Gasteiger partial charge in [0, 0.05) is 54.9 Å². The quantitative estimate of drug-likeness (QED) is 0.391. The average molecular weight is 464 g/mol. The van der Waals surface area contributed by atoms with Crippen LogP contribution in [0.4, 0.5) is 23.0 Å². The molecule has 8 nitrogen and oxygen atoms in total. The summed E-state index contributed by atoms with van der Waals surface area (Å²) in [5.41, 5.74) is 2.92. The maximum atomic E-state index is 12.2. The maximum absolute atomic E-state index is 12.2. The van der Waals surface area contributed by atoms with E-state index in [4.69, 9.17) is 0 Å². The highest BCUT2D eigenvalue weighted by Crippen LogP contribution is 2.33. The van der Waals surface area contributed by atoms with Crippen LogP contribution in [-0.4, -0.2) is 68.5 Å². The van der Waals surface area contributed by atoms with Gasteiger partial charge in [-0.1, -0.05) is 0 Å². The summed E-state index contributed by atoms with van der Waals surface area (Å²) in [4.78, 5) is 36.1. The Kier molecular flexibility index (Phi) is 6.61. The van der Waals surface area contributed by atoms with Crippen molar-refractivity contribution in [2.24, 2.45) is 0 Å². The molecule has 2 unspecified atom stereocenters. The van der Waals surface area contributed by atoms with Crippen molar-refractivity contribution in [3.8, 4) is 0 Å². The molecule has 0 bridgehead atoms. The molecule has 0 spiro atoms. The standard InChI is InChI=1S/C26H35N6O2/c1-18(2)28-24-7-6-11-27-26(24)30(3)20-10-12-31(21(15-20)16-33)25-14-19-13-22(32(4,5)17-34)8-9-23(19)29-25/h6-9,11,13-14,16-18,20-21,28-29H,10,12,15H2,1-5H3/q+1. The lowest BCUT2D eigenvalue weighted by atomic mass is 9.96. The summed E-state index contributed by atoms with van der Waals surface area (Å²) < 4.78 is 0.159. The van der Waals surface area contributed by atoms with E-state index in [1.54, 1.807) is 0 Å². The van der Waals surface area contributed by atoms with Crippen molar-refractivity contribution in [1.82, 2.24) is 14.5 Å². The number of carbonyl (C=O) groups excluding carboxylic acids is 2. The van der Waals surface area contributed by atoms with Gasteiger partial charge in [-0.2, -0.15) is 0 Å². The van der Waals surface area contributed by atoms with E-state index < -0.39 is 0 Å². The van der Waals surface area contributed by atoms with Crippen LogP contribution in [0.2, 0.25) is 0 Å². The number of anilines is 3. The Morgan fingerprint density at radius 3 is 2.74 bits per heavy atom. The molecule has 0 saturated carbocycles. The number of quaternary nitrogens is 1. The number of carbonyl (C=O) groups is 2. The zero-order valence-corrected chi connectivity index (χ0v) is 20.7. The van der Waals surface area contributed by atoms with Gasteiger partial charge in [-0.3, -0.25) is 0 Å². The molecule has 1 aliphatic heterocycles. The van der Waals surface area contributed by atoms with Crippen molar-refractivity contribution in [3.63, 3.8) is 0 Å². The molecular weight excluding hydrogens is 428 g/mol. The molecule has 0 aliphatic carbocycles. The molecule has 1 aromatic carbocycles. The molecule has 34 heavy (non-hydrogen) atoms. The Morgan fingerprint density at radius 1 is 1.24 bits per heavy atom. The highest BCUT2D eigenvalue weighted by atomic mass is 16.1. The number of aromatic amines is 1. The molecule has 3 aromatic rings. The minimum Gasteiger partial charge on any atom is -0.380 e. The number of hydrogen-bond acceptors (Lipinski definition) is 6. The monoisotopic (exact) mass is 463 g/mol. The lowest BCUT2D eigenvalue weighted by Gasteiger charge is -2.41. The van der Waals surface area contributed by atoms with Crippen molar-refractivity contribution in [3.05, 3.63) is 42.6 Å². The summed E-state index contributed by atoms with van der Waals surface area (Å²) in [6.07, 6.45) is 5.41. The van der Waals surface area contributed by atoms with E-state index in [-0.39, 0.29) is 16.6 Å². The van der Waals surface area contributed by atoms with Gasteiger partial charge in [-0.05, 0) is 51.0 Å². The van der Waals surface area contributed by atoms with Gasteiger partial charge in [0.05, 0.1) is 25.8 Å². The van der Waals surface area contributed by atoms with E-state index in [9.17, 15) is 9.59 Å². The number of nitrogens with one attached hydrogen (secondary N) is 2. The average Bonchev–Trinajstić information content (AvgIpc) is 3.26. The zero-order chi connectivity index (χ0) is 24.5. The second kappa shape index (κ2) is 9.46. The Labute approximate surface area is 201 Å². The molecule has 8 heteroatoms. The third-order valence-electron chi connectivity index (χ3n) is 6.72. The fraction of sp³-hybridized carbons (Fsp3) is 0.423. The third-order valence-corrected chi connectivity index (χ3v) is 6.72. The lowest BCUT2D eigenvalue weighted by Crippen LogP contribution is -2.50. The molecule has 4 rings (SSSR count). The van der Waals surface area contributed by atoms with Crippen LogP contribution in [0.5, 0.6) is 0 Å². The maximum Gasteiger partial charge on any atom is 0.306 e. The van der Waals surface area contributed by atoms with Crippen molar-refractivity contribution < 1.29 is 9.59 Å². The molecule has 1 fully saturated rings. The first-order valence-electron chi connectivity index (χ1n) is 11.8. The normalized spacial score (nSPS) is 18.8. The number of hydrogen-bond donors (Lipinski definition) is 2. The summed E-state index contributed by atoms with van der Waals surface area (Å²) in [7, 11) is 5.78. The van der Waals surface area contributed by atoms with Crippen molar-refractivity contribution in [1.29, 1.82) is 0 Å². The summed E-state index contributed by atoms with van der Waals surface area (Å²) >= 11 is 0. The molecule has 2 N–H and O–H groups in total. The second-order valence-corrected chi connectivity index (χ2v) is 9.93. The molecule has 3 heterocycles. The molecule has 0 radical (unpaired) electrons. The summed E-state index contributed by atoms with van der Waals surface area (Å²) in [5.74, 6) is 1.84. The smallest absolute Gasteiger partial charge is 0.306 e. The summed E-state index contributed by atoms with van der Waals surface area (Å²) in [6, 6.07) is 12.3. The zero-order valence-electron chi connectivity index (χ0n) is 20.7. The van der Waals surface area contributed by atoms with E-state index in [2.05, 4.69) is 58.1 Å². The van der Waals surface area contributed by atoms with Crippen LogP contribution >= 0.6 is 0 Å². The summed E-state index contributed by atoms with van der Waals surface area (Å²) in [5, 5.41) is 4.51. The predicted molar refractivity (Wildman–Crippen MR) is 140 cm³/mol. The fourth-order valence-corrected chi connectivity index (χ4v) is 4.71. The largest absolute Gasteiger partial charge is 0.380 e.